The molecular weight excluding hydrogens is 260 g/mol. The summed E-state index contributed by atoms with van der Waals surface area (Å²) in [7, 11) is 1.77. The van der Waals surface area contributed by atoms with Crippen LogP contribution in [0.3, 0.4) is 0 Å². The van der Waals surface area contributed by atoms with E-state index in [1.54, 1.807) is 7.11 Å². The van der Waals surface area contributed by atoms with Crippen LogP contribution >= 0.6 is 0 Å². The van der Waals surface area contributed by atoms with Crippen LogP contribution in [0.25, 0.3) is 0 Å². The average Bonchev–Trinajstić information content (AvgIpc) is 3.30. The van der Waals surface area contributed by atoms with E-state index in [9.17, 15) is 0 Å². The Morgan fingerprint density at radius 1 is 1.29 bits per heavy atom. The Kier molecular flexibility index (Phi) is 4.81. The Morgan fingerprint density at radius 3 is 2.90 bits per heavy atom. The second-order valence-electron chi connectivity index (χ2n) is 6.74. The number of piperidine rings is 1. The van der Waals surface area contributed by atoms with Gasteiger partial charge in [0.05, 0.1) is 7.11 Å². The molecule has 1 saturated heterocycles. The number of ether oxygens (including phenoxy) is 1. The van der Waals surface area contributed by atoms with Gasteiger partial charge in [-0.25, -0.2) is 0 Å². The predicted octanol–water partition coefficient (Wildman–Crippen LogP) is 2.97. The van der Waals surface area contributed by atoms with Crippen LogP contribution < -0.4 is 10.1 Å². The molecule has 0 radical (unpaired) electrons. The van der Waals surface area contributed by atoms with Gasteiger partial charge >= 0.3 is 0 Å². The van der Waals surface area contributed by atoms with E-state index in [0.717, 1.165) is 24.3 Å². The largest absolute Gasteiger partial charge is 0.496 e. The lowest BCUT2D eigenvalue weighted by molar-refractivity contribution is 0.163. The van der Waals surface area contributed by atoms with Gasteiger partial charge in [-0.15, -0.1) is 0 Å². The van der Waals surface area contributed by atoms with Crippen molar-refractivity contribution in [1.29, 1.82) is 0 Å². The standard InChI is InChI=1S/C18H28N2O/c1-14-5-8-18(21-2)16(10-14)13-20-9-3-4-15(12-20)11-19-17-6-7-17/h5,8,10,15,17,19H,3-4,6-7,9,11-13H2,1-2H3. The second-order valence-corrected chi connectivity index (χ2v) is 6.74. The fourth-order valence-corrected chi connectivity index (χ4v) is 3.35. The summed E-state index contributed by atoms with van der Waals surface area (Å²) in [6.45, 7) is 6.81. The maximum absolute atomic E-state index is 5.52. The van der Waals surface area contributed by atoms with Crippen LogP contribution in [0.2, 0.25) is 0 Å². The van der Waals surface area contributed by atoms with Crippen molar-refractivity contribution in [3.05, 3.63) is 29.3 Å². The summed E-state index contributed by atoms with van der Waals surface area (Å²) in [5.74, 6) is 1.84. The van der Waals surface area contributed by atoms with Gasteiger partial charge in [-0.05, 0) is 57.7 Å². The van der Waals surface area contributed by atoms with Gasteiger partial charge in [0, 0.05) is 24.7 Å². The highest BCUT2D eigenvalue weighted by molar-refractivity contribution is 5.36. The number of aryl methyl sites for hydroxylation is 1. The quantitative estimate of drug-likeness (QED) is 0.871. The van der Waals surface area contributed by atoms with Gasteiger partial charge in [0.1, 0.15) is 5.75 Å². The fourth-order valence-electron chi connectivity index (χ4n) is 3.35. The average molecular weight is 288 g/mol. The molecule has 2 aliphatic rings. The van der Waals surface area contributed by atoms with Gasteiger partial charge < -0.3 is 10.1 Å². The first-order valence-corrected chi connectivity index (χ1v) is 8.34. The molecular formula is C18H28N2O. The zero-order valence-corrected chi connectivity index (χ0v) is 13.4. The van der Waals surface area contributed by atoms with Gasteiger partial charge in [-0.1, -0.05) is 17.7 Å². The zero-order chi connectivity index (χ0) is 14.7. The summed E-state index contributed by atoms with van der Waals surface area (Å²) in [5, 5.41) is 3.69. The first kappa shape index (κ1) is 14.9. The molecule has 1 aliphatic heterocycles. The highest BCUT2D eigenvalue weighted by atomic mass is 16.5. The lowest BCUT2D eigenvalue weighted by atomic mass is 9.97. The highest BCUT2D eigenvalue weighted by Crippen LogP contribution is 2.25. The van der Waals surface area contributed by atoms with E-state index in [0.29, 0.717) is 0 Å². The monoisotopic (exact) mass is 288 g/mol. The lowest BCUT2D eigenvalue weighted by Crippen LogP contribution is -2.39. The summed E-state index contributed by atoms with van der Waals surface area (Å²) in [5.41, 5.74) is 2.64. The number of hydrogen-bond donors (Lipinski definition) is 1. The number of benzene rings is 1. The molecule has 1 aromatic rings. The molecule has 1 heterocycles. The van der Waals surface area contributed by atoms with Gasteiger partial charge in [-0.3, -0.25) is 4.90 Å². The molecule has 0 amide bonds. The number of rotatable bonds is 6. The molecule has 21 heavy (non-hydrogen) atoms. The van der Waals surface area contributed by atoms with Crippen LogP contribution in [0.5, 0.6) is 5.75 Å². The van der Waals surface area contributed by atoms with E-state index in [1.807, 2.05) is 0 Å². The molecule has 1 saturated carbocycles. The summed E-state index contributed by atoms with van der Waals surface area (Å²) in [6, 6.07) is 7.32. The Morgan fingerprint density at radius 2 is 2.14 bits per heavy atom. The molecule has 1 unspecified atom stereocenters. The lowest BCUT2D eigenvalue weighted by Gasteiger charge is -2.33. The third-order valence-electron chi connectivity index (χ3n) is 4.71. The van der Waals surface area contributed by atoms with Crippen LogP contribution in [0.1, 0.15) is 36.8 Å². The minimum atomic E-state index is 0.815. The number of hydrogen-bond acceptors (Lipinski definition) is 3. The van der Waals surface area contributed by atoms with Crippen LogP contribution in [-0.2, 0) is 6.54 Å². The van der Waals surface area contributed by atoms with Crippen LogP contribution in [0.15, 0.2) is 18.2 Å². The number of nitrogens with zero attached hydrogens (tertiary/aromatic N) is 1. The minimum Gasteiger partial charge on any atom is -0.496 e. The zero-order valence-electron chi connectivity index (χ0n) is 13.4. The Hall–Kier alpha value is -1.06. The first-order valence-electron chi connectivity index (χ1n) is 8.34. The summed E-state index contributed by atoms with van der Waals surface area (Å²) < 4.78 is 5.52. The van der Waals surface area contributed by atoms with Crippen molar-refractivity contribution in [3.63, 3.8) is 0 Å². The SMILES string of the molecule is COc1ccc(C)cc1CN1CCCC(CNC2CC2)C1. The van der Waals surface area contributed by atoms with E-state index in [4.69, 9.17) is 4.74 Å². The maximum atomic E-state index is 5.52. The van der Waals surface area contributed by atoms with Crippen LogP contribution in [-0.4, -0.2) is 37.7 Å². The molecule has 3 nitrogen and oxygen atoms in total. The number of methoxy groups -OCH3 is 1. The molecule has 1 aliphatic carbocycles. The van der Waals surface area contributed by atoms with Crippen molar-refractivity contribution in [2.24, 2.45) is 5.92 Å². The molecule has 2 fully saturated rings. The fraction of sp³-hybridized carbons (Fsp3) is 0.667. The van der Waals surface area contributed by atoms with Gasteiger partial charge in [-0.2, -0.15) is 0 Å². The molecule has 116 valence electrons. The van der Waals surface area contributed by atoms with Gasteiger partial charge in [0.2, 0.25) is 0 Å². The van der Waals surface area contributed by atoms with Crippen molar-refractivity contribution in [2.75, 3.05) is 26.7 Å². The van der Waals surface area contributed by atoms with E-state index in [2.05, 4.69) is 35.3 Å². The molecule has 1 N–H and O–H groups in total. The topological polar surface area (TPSA) is 24.5 Å². The Balaban J connectivity index is 1.57. The minimum absolute atomic E-state index is 0.815. The van der Waals surface area contributed by atoms with Gasteiger partial charge in [0.25, 0.3) is 0 Å². The van der Waals surface area contributed by atoms with Crippen molar-refractivity contribution in [1.82, 2.24) is 10.2 Å². The molecule has 1 aromatic carbocycles. The summed E-state index contributed by atoms with van der Waals surface area (Å²) in [6.07, 6.45) is 5.47. The smallest absolute Gasteiger partial charge is 0.123 e. The maximum Gasteiger partial charge on any atom is 0.123 e. The molecule has 3 rings (SSSR count). The van der Waals surface area contributed by atoms with Crippen molar-refractivity contribution in [2.45, 2.75) is 45.2 Å². The number of nitrogens with one attached hydrogen (secondary N) is 1. The molecule has 1 atom stereocenters. The molecule has 0 spiro atoms. The van der Waals surface area contributed by atoms with Crippen molar-refractivity contribution < 1.29 is 4.74 Å². The van der Waals surface area contributed by atoms with E-state index in [1.165, 1.54) is 56.4 Å². The highest BCUT2D eigenvalue weighted by Gasteiger charge is 2.25. The van der Waals surface area contributed by atoms with Crippen molar-refractivity contribution in [3.8, 4) is 5.75 Å². The third kappa shape index (κ3) is 4.21. The van der Waals surface area contributed by atoms with Crippen LogP contribution in [0.4, 0.5) is 0 Å². The first-order chi connectivity index (χ1) is 10.2. The predicted molar refractivity (Wildman–Crippen MR) is 86.8 cm³/mol. The summed E-state index contributed by atoms with van der Waals surface area (Å²) >= 11 is 0. The van der Waals surface area contributed by atoms with Crippen molar-refractivity contribution >= 4 is 0 Å². The molecule has 0 bridgehead atoms. The van der Waals surface area contributed by atoms with E-state index in [-0.39, 0.29) is 0 Å². The van der Waals surface area contributed by atoms with Gasteiger partial charge in [0.15, 0.2) is 0 Å². The Labute approximate surface area is 128 Å². The molecule has 3 heteroatoms. The summed E-state index contributed by atoms with van der Waals surface area (Å²) in [4.78, 5) is 2.60. The third-order valence-corrected chi connectivity index (χ3v) is 4.71. The number of likely N-dealkylation sites (tertiary alicyclic amines) is 1. The second kappa shape index (κ2) is 6.80. The normalized spacial score (nSPS) is 23.2. The molecule has 0 aromatic heterocycles. The van der Waals surface area contributed by atoms with E-state index < -0.39 is 0 Å². The van der Waals surface area contributed by atoms with E-state index >= 15 is 0 Å². The Bertz CT molecular complexity index is 470. The van der Waals surface area contributed by atoms with Crippen LogP contribution in [0, 0.1) is 12.8 Å².